The van der Waals surface area contributed by atoms with Gasteiger partial charge in [0, 0.05) is 6.54 Å². The number of hydrogen-bond donors (Lipinski definition) is 3. The molecule has 18 heavy (non-hydrogen) atoms. The molecule has 0 saturated heterocycles. The predicted molar refractivity (Wildman–Crippen MR) is 66.8 cm³/mol. The molecule has 0 aliphatic heterocycles. The third-order valence-electron chi connectivity index (χ3n) is 2.28. The SMILES string of the molecule is O=C(O)c1cnc(NCC(O)c2ccsc2)cn1. The summed E-state index contributed by atoms with van der Waals surface area (Å²) in [6.07, 6.45) is 1.86. The molecule has 0 aliphatic carbocycles. The second kappa shape index (κ2) is 5.56. The van der Waals surface area contributed by atoms with Crippen molar-refractivity contribution in [3.05, 3.63) is 40.5 Å². The zero-order chi connectivity index (χ0) is 13.0. The van der Waals surface area contributed by atoms with Crippen LogP contribution in [0.5, 0.6) is 0 Å². The van der Waals surface area contributed by atoms with Gasteiger partial charge in [0.25, 0.3) is 0 Å². The minimum atomic E-state index is -1.12. The van der Waals surface area contributed by atoms with Gasteiger partial charge >= 0.3 is 5.97 Å². The van der Waals surface area contributed by atoms with Crippen LogP contribution in [-0.4, -0.2) is 32.7 Å². The van der Waals surface area contributed by atoms with E-state index in [1.54, 1.807) is 0 Å². The van der Waals surface area contributed by atoms with E-state index in [4.69, 9.17) is 5.11 Å². The van der Waals surface area contributed by atoms with Crippen LogP contribution in [0.15, 0.2) is 29.2 Å². The third kappa shape index (κ3) is 3.02. The summed E-state index contributed by atoms with van der Waals surface area (Å²) in [4.78, 5) is 18.2. The van der Waals surface area contributed by atoms with Gasteiger partial charge in [-0.25, -0.2) is 14.8 Å². The van der Waals surface area contributed by atoms with E-state index in [2.05, 4.69) is 15.3 Å². The van der Waals surface area contributed by atoms with Crippen molar-refractivity contribution in [2.45, 2.75) is 6.10 Å². The zero-order valence-corrected chi connectivity index (χ0v) is 10.1. The fraction of sp³-hybridized carbons (Fsp3) is 0.182. The van der Waals surface area contributed by atoms with E-state index in [0.29, 0.717) is 5.82 Å². The second-order valence-electron chi connectivity index (χ2n) is 3.55. The topological polar surface area (TPSA) is 95.3 Å². The largest absolute Gasteiger partial charge is 0.476 e. The predicted octanol–water partition coefficient (Wildman–Crippen LogP) is 1.38. The highest BCUT2D eigenvalue weighted by Gasteiger charge is 2.09. The van der Waals surface area contributed by atoms with E-state index in [-0.39, 0.29) is 12.2 Å². The summed E-state index contributed by atoms with van der Waals surface area (Å²) in [5.74, 6) is -0.693. The Labute approximate surface area is 107 Å². The maximum Gasteiger partial charge on any atom is 0.356 e. The molecular weight excluding hydrogens is 254 g/mol. The van der Waals surface area contributed by atoms with E-state index in [9.17, 15) is 9.90 Å². The van der Waals surface area contributed by atoms with Gasteiger partial charge in [-0.15, -0.1) is 0 Å². The lowest BCUT2D eigenvalue weighted by Crippen LogP contribution is -2.13. The Kier molecular flexibility index (Phi) is 3.85. The molecule has 0 aromatic carbocycles. The molecule has 2 aromatic heterocycles. The van der Waals surface area contributed by atoms with Crippen LogP contribution < -0.4 is 5.32 Å². The molecule has 1 unspecified atom stereocenters. The third-order valence-corrected chi connectivity index (χ3v) is 2.98. The van der Waals surface area contributed by atoms with Gasteiger partial charge in [0.05, 0.1) is 18.5 Å². The van der Waals surface area contributed by atoms with Crippen LogP contribution in [0.3, 0.4) is 0 Å². The first kappa shape index (κ1) is 12.5. The van der Waals surface area contributed by atoms with Gasteiger partial charge in [0.2, 0.25) is 0 Å². The number of carboxylic acid groups (broad SMARTS) is 1. The molecule has 7 heteroatoms. The molecule has 6 nitrogen and oxygen atoms in total. The quantitative estimate of drug-likeness (QED) is 0.756. The fourth-order valence-corrected chi connectivity index (χ4v) is 2.02. The Morgan fingerprint density at radius 2 is 2.28 bits per heavy atom. The minimum Gasteiger partial charge on any atom is -0.476 e. The molecule has 0 radical (unpaired) electrons. The standard InChI is InChI=1S/C11H11N3O3S/c15-9(7-1-2-18-6-7)4-14-10-5-12-8(3-13-10)11(16)17/h1-3,5-6,9,15H,4H2,(H,13,14)(H,16,17). The number of nitrogens with one attached hydrogen (secondary N) is 1. The first-order chi connectivity index (χ1) is 8.66. The number of carbonyl (C=O) groups is 1. The molecule has 2 rings (SSSR count). The monoisotopic (exact) mass is 265 g/mol. The van der Waals surface area contributed by atoms with Gasteiger partial charge in [-0.2, -0.15) is 11.3 Å². The van der Waals surface area contributed by atoms with Crippen LogP contribution in [-0.2, 0) is 0 Å². The smallest absolute Gasteiger partial charge is 0.356 e. The Morgan fingerprint density at radius 3 is 2.83 bits per heavy atom. The van der Waals surface area contributed by atoms with Crippen LogP contribution in [0.2, 0.25) is 0 Å². The van der Waals surface area contributed by atoms with E-state index in [1.807, 2.05) is 16.8 Å². The van der Waals surface area contributed by atoms with E-state index in [1.165, 1.54) is 23.7 Å². The van der Waals surface area contributed by atoms with Crippen molar-refractivity contribution in [2.24, 2.45) is 0 Å². The molecule has 0 aliphatic rings. The highest BCUT2D eigenvalue weighted by atomic mass is 32.1. The van der Waals surface area contributed by atoms with Gasteiger partial charge in [0.1, 0.15) is 5.82 Å². The molecule has 0 fully saturated rings. The molecule has 2 heterocycles. The number of aliphatic hydroxyl groups excluding tert-OH is 1. The molecule has 3 N–H and O–H groups in total. The Morgan fingerprint density at radius 1 is 1.44 bits per heavy atom. The lowest BCUT2D eigenvalue weighted by atomic mass is 10.2. The van der Waals surface area contributed by atoms with Gasteiger partial charge in [-0.05, 0) is 22.4 Å². The summed E-state index contributed by atoms with van der Waals surface area (Å²) in [7, 11) is 0. The van der Waals surface area contributed by atoms with Crippen molar-refractivity contribution >= 4 is 23.1 Å². The van der Waals surface area contributed by atoms with Crippen LogP contribution in [0, 0.1) is 0 Å². The summed E-state index contributed by atoms with van der Waals surface area (Å²) in [5, 5.41) is 25.1. The summed E-state index contributed by atoms with van der Waals surface area (Å²) in [5.41, 5.74) is 0.724. The molecule has 1 atom stereocenters. The van der Waals surface area contributed by atoms with Gasteiger partial charge < -0.3 is 15.5 Å². The Balaban J connectivity index is 1.92. The average molecular weight is 265 g/mol. The number of aromatic carboxylic acids is 1. The lowest BCUT2D eigenvalue weighted by Gasteiger charge is -2.10. The highest BCUT2D eigenvalue weighted by Crippen LogP contribution is 2.16. The van der Waals surface area contributed by atoms with Crippen molar-refractivity contribution in [3.8, 4) is 0 Å². The zero-order valence-electron chi connectivity index (χ0n) is 9.28. The van der Waals surface area contributed by atoms with Crippen LogP contribution in [0.1, 0.15) is 22.2 Å². The van der Waals surface area contributed by atoms with Crippen molar-refractivity contribution in [3.63, 3.8) is 0 Å². The summed E-state index contributed by atoms with van der Waals surface area (Å²) in [6, 6.07) is 1.84. The molecule has 0 saturated carbocycles. The van der Waals surface area contributed by atoms with Crippen molar-refractivity contribution in [1.29, 1.82) is 0 Å². The van der Waals surface area contributed by atoms with E-state index in [0.717, 1.165) is 5.56 Å². The molecule has 0 amide bonds. The van der Waals surface area contributed by atoms with Gasteiger partial charge in [0.15, 0.2) is 5.69 Å². The normalized spacial score (nSPS) is 12.1. The maximum atomic E-state index is 10.6. The Bertz CT molecular complexity index is 513. The molecule has 0 bridgehead atoms. The summed E-state index contributed by atoms with van der Waals surface area (Å²) >= 11 is 1.51. The number of nitrogens with zero attached hydrogens (tertiary/aromatic N) is 2. The number of rotatable bonds is 5. The Hall–Kier alpha value is -1.99. The first-order valence-corrected chi connectivity index (χ1v) is 6.10. The number of aromatic nitrogens is 2. The van der Waals surface area contributed by atoms with E-state index >= 15 is 0 Å². The first-order valence-electron chi connectivity index (χ1n) is 5.16. The molecule has 94 valence electrons. The number of thiophene rings is 1. The van der Waals surface area contributed by atoms with Crippen molar-refractivity contribution in [1.82, 2.24) is 9.97 Å². The minimum absolute atomic E-state index is 0.112. The second-order valence-corrected chi connectivity index (χ2v) is 4.33. The van der Waals surface area contributed by atoms with Crippen LogP contribution in [0.25, 0.3) is 0 Å². The van der Waals surface area contributed by atoms with Crippen LogP contribution >= 0.6 is 11.3 Å². The fourth-order valence-electron chi connectivity index (χ4n) is 1.31. The molecular formula is C11H11N3O3S. The highest BCUT2D eigenvalue weighted by molar-refractivity contribution is 7.07. The summed E-state index contributed by atoms with van der Waals surface area (Å²) < 4.78 is 0. The molecule has 0 spiro atoms. The summed E-state index contributed by atoms with van der Waals surface area (Å²) in [6.45, 7) is 0.290. The molecule has 2 aromatic rings. The average Bonchev–Trinajstić information content (AvgIpc) is 2.90. The van der Waals surface area contributed by atoms with Crippen molar-refractivity contribution < 1.29 is 15.0 Å². The maximum absolute atomic E-state index is 10.6. The van der Waals surface area contributed by atoms with Crippen LogP contribution in [0.4, 0.5) is 5.82 Å². The van der Waals surface area contributed by atoms with Crippen molar-refractivity contribution in [2.75, 3.05) is 11.9 Å². The van der Waals surface area contributed by atoms with Gasteiger partial charge in [-0.3, -0.25) is 0 Å². The van der Waals surface area contributed by atoms with E-state index < -0.39 is 12.1 Å². The lowest BCUT2D eigenvalue weighted by molar-refractivity contribution is 0.0690. The number of anilines is 1. The number of hydrogen-bond acceptors (Lipinski definition) is 6. The van der Waals surface area contributed by atoms with Gasteiger partial charge in [-0.1, -0.05) is 0 Å². The number of aliphatic hydroxyl groups is 1. The number of carboxylic acids is 1.